The van der Waals surface area contributed by atoms with Crippen molar-refractivity contribution in [3.63, 3.8) is 0 Å². The zero-order valence-electron chi connectivity index (χ0n) is 8.80. The van der Waals surface area contributed by atoms with Crippen molar-refractivity contribution >= 4 is 40.7 Å². The molecule has 1 fully saturated rings. The first-order chi connectivity index (χ1) is 8.08. The van der Waals surface area contributed by atoms with Crippen molar-refractivity contribution in [1.82, 2.24) is 5.32 Å². The minimum atomic E-state index is -0.757. The van der Waals surface area contributed by atoms with Gasteiger partial charge in [-0.1, -0.05) is 29.3 Å². The molecule has 17 heavy (non-hydrogen) atoms. The summed E-state index contributed by atoms with van der Waals surface area (Å²) in [7, 11) is 0. The summed E-state index contributed by atoms with van der Waals surface area (Å²) in [6.45, 7) is 0. The Balaban J connectivity index is 2.04. The molecule has 0 heterocycles. The molecule has 0 radical (unpaired) electrons. The lowest BCUT2D eigenvalue weighted by atomic mass is 10.3. The van der Waals surface area contributed by atoms with Crippen LogP contribution in [0.25, 0.3) is 0 Å². The molecule has 0 saturated heterocycles. The van der Waals surface area contributed by atoms with Gasteiger partial charge in [-0.2, -0.15) is 0 Å². The van der Waals surface area contributed by atoms with Gasteiger partial charge in [-0.25, -0.2) is 0 Å². The number of anilines is 1. The number of hydrogen-bond donors (Lipinski definition) is 2. The van der Waals surface area contributed by atoms with Gasteiger partial charge in [0.05, 0.1) is 15.7 Å². The minimum absolute atomic E-state index is 0.134. The molecule has 0 unspecified atom stereocenters. The van der Waals surface area contributed by atoms with Crippen LogP contribution >= 0.6 is 23.2 Å². The van der Waals surface area contributed by atoms with E-state index in [-0.39, 0.29) is 11.7 Å². The van der Waals surface area contributed by atoms with E-state index in [0.29, 0.717) is 10.0 Å². The second-order valence-corrected chi connectivity index (χ2v) is 4.61. The molecule has 0 aromatic heterocycles. The molecule has 90 valence electrons. The van der Waals surface area contributed by atoms with Gasteiger partial charge in [0.1, 0.15) is 0 Å². The molecule has 1 aliphatic carbocycles. The molecule has 1 aromatic rings. The molecule has 1 aliphatic rings. The topological polar surface area (TPSA) is 58.2 Å². The first-order valence-electron chi connectivity index (χ1n) is 5.14. The monoisotopic (exact) mass is 272 g/mol. The van der Waals surface area contributed by atoms with Crippen molar-refractivity contribution < 1.29 is 9.59 Å². The van der Waals surface area contributed by atoms with Gasteiger partial charge in [0, 0.05) is 6.04 Å². The highest BCUT2D eigenvalue weighted by Gasteiger charge is 2.26. The summed E-state index contributed by atoms with van der Waals surface area (Å²) in [6.07, 6.45) is 1.84. The van der Waals surface area contributed by atoms with Crippen LogP contribution < -0.4 is 10.6 Å². The lowest BCUT2D eigenvalue weighted by Crippen LogP contribution is -2.36. The highest BCUT2D eigenvalue weighted by Crippen LogP contribution is 2.29. The Morgan fingerprint density at radius 3 is 2.24 bits per heavy atom. The number of amides is 2. The second-order valence-electron chi connectivity index (χ2n) is 3.80. The molecule has 1 saturated carbocycles. The average molecular weight is 273 g/mol. The van der Waals surface area contributed by atoms with Crippen molar-refractivity contribution in [3.8, 4) is 0 Å². The minimum Gasteiger partial charge on any atom is -0.345 e. The third-order valence-electron chi connectivity index (χ3n) is 2.32. The van der Waals surface area contributed by atoms with Crippen LogP contribution in [0.3, 0.4) is 0 Å². The number of para-hydroxylation sites is 1. The molecule has 2 N–H and O–H groups in total. The van der Waals surface area contributed by atoms with Gasteiger partial charge >= 0.3 is 11.8 Å². The molecule has 1 aromatic carbocycles. The van der Waals surface area contributed by atoms with Gasteiger partial charge in [0.25, 0.3) is 0 Å². The van der Waals surface area contributed by atoms with Gasteiger partial charge in [-0.3, -0.25) is 9.59 Å². The van der Waals surface area contributed by atoms with E-state index < -0.39 is 11.8 Å². The molecule has 2 rings (SSSR count). The maximum absolute atomic E-state index is 11.5. The zero-order valence-corrected chi connectivity index (χ0v) is 10.3. The Hall–Kier alpha value is -1.26. The lowest BCUT2D eigenvalue weighted by Gasteiger charge is -2.08. The average Bonchev–Trinajstić information content (AvgIpc) is 3.07. The van der Waals surface area contributed by atoms with Gasteiger partial charge in [0.2, 0.25) is 0 Å². The third kappa shape index (κ3) is 3.11. The molecule has 0 bridgehead atoms. The van der Waals surface area contributed by atoms with Gasteiger partial charge < -0.3 is 10.6 Å². The molecular formula is C11H10Cl2N2O2. The van der Waals surface area contributed by atoms with E-state index in [1.54, 1.807) is 18.2 Å². The summed E-state index contributed by atoms with van der Waals surface area (Å²) in [5, 5.41) is 5.56. The first-order valence-corrected chi connectivity index (χ1v) is 5.89. The first kappa shape index (κ1) is 12.2. The van der Waals surface area contributed by atoms with Crippen molar-refractivity contribution in [1.29, 1.82) is 0 Å². The van der Waals surface area contributed by atoms with Gasteiger partial charge in [0.15, 0.2) is 0 Å². The highest BCUT2D eigenvalue weighted by atomic mass is 35.5. The second kappa shape index (κ2) is 4.94. The van der Waals surface area contributed by atoms with Gasteiger partial charge in [-0.05, 0) is 25.0 Å². The van der Waals surface area contributed by atoms with Crippen LogP contribution in [0.1, 0.15) is 12.8 Å². The zero-order chi connectivity index (χ0) is 12.4. The summed E-state index contributed by atoms with van der Waals surface area (Å²) >= 11 is 11.7. The molecule has 0 atom stereocenters. The van der Waals surface area contributed by atoms with E-state index in [1.807, 2.05) is 0 Å². The van der Waals surface area contributed by atoms with Crippen LogP contribution in [0.5, 0.6) is 0 Å². The summed E-state index contributed by atoms with van der Waals surface area (Å²) in [6, 6.07) is 4.96. The fourth-order valence-corrected chi connectivity index (χ4v) is 1.76. The Bertz CT molecular complexity index is 452. The molecule has 0 aliphatic heterocycles. The maximum Gasteiger partial charge on any atom is 0.313 e. The number of hydrogen-bond acceptors (Lipinski definition) is 2. The van der Waals surface area contributed by atoms with Crippen LogP contribution in [0.2, 0.25) is 10.0 Å². The quantitative estimate of drug-likeness (QED) is 0.811. The van der Waals surface area contributed by atoms with Crippen molar-refractivity contribution in [2.45, 2.75) is 18.9 Å². The summed E-state index contributed by atoms with van der Waals surface area (Å²) in [5.41, 5.74) is 0.256. The van der Waals surface area contributed by atoms with Crippen molar-refractivity contribution in [2.24, 2.45) is 0 Å². The number of halogens is 2. The lowest BCUT2D eigenvalue weighted by molar-refractivity contribution is -0.136. The Morgan fingerprint density at radius 1 is 1.12 bits per heavy atom. The number of rotatable bonds is 2. The Morgan fingerprint density at radius 2 is 1.71 bits per heavy atom. The molecular weight excluding hydrogens is 263 g/mol. The van der Waals surface area contributed by atoms with Crippen LogP contribution in [0.4, 0.5) is 5.69 Å². The normalized spacial score (nSPS) is 14.2. The van der Waals surface area contributed by atoms with E-state index in [2.05, 4.69) is 10.6 Å². The summed E-state index contributed by atoms with van der Waals surface area (Å²) in [5.74, 6) is -1.42. The van der Waals surface area contributed by atoms with E-state index in [4.69, 9.17) is 23.2 Å². The smallest absolute Gasteiger partial charge is 0.313 e. The summed E-state index contributed by atoms with van der Waals surface area (Å²) in [4.78, 5) is 23.0. The number of carbonyl (C=O) groups is 2. The number of nitrogens with one attached hydrogen (secondary N) is 2. The van der Waals surface area contributed by atoms with Crippen LogP contribution in [0.15, 0.2) is 18.2 Å². The van der Waals surface area contributed by atoms with Crippen molar-refractivity contribution in [3.05, 3.63) is 28.2 Å². The summed E-state index contributed by atoms with van der Waals surface area (Å²) < 4.78 is 0. The van der Waals surface area contributed by atoms with E-state index in [1.165, 1.54) is 0 Å². The standard InChI is InChI=1S/C11H10Cl2N2O2/c12-7-2-1-3-8(13)9(7)15-11(17)10(16)14-6-4-5-6/h1-3,6H,4-5H2,(H,14,16)(H,15,17). The predicted octanol–water partition coefficient (Wildman–Crippen LogP) is 2.21. The number of benzene rings is 1. The Kier molecular flexibility index (Phi) is 3.54. The number of carbonyl (C=O) groups excluding carboxylic acids is 2. The fraction of sp³-hybridized carbons (Fsp3) is 0.273. The predicted molar refractivity (Wildman–Crippen MR) is 66.3 cm³/mol. The van der Waals surface area contributed by atoms with Crippen molar-refractivity contribution in [2.75, 3.05) is 5.32 Å². The molecule has 2 amide bonds. The van der Waals surface area contributed by atoms with Crippen LogP contribution in [0, 0.1) is 0 Å². The Labute approximate surface area is 108 Å². The largest absolute Gasteiger partial charge is 0.345 e. The molecule has 4 nitrogen and oxygen atoms in total. The fourth-order valence-electron chi connectivity index (χ4n) is 1.27. The molecule has 0 spiro atoms. The maximum atomic E-state index is 11.5. The van der Waals surface area contributed by atoms with Crippen LogP contribution in [-0.2, 0) is 9.59 Å². The van der Waals surface area contributed by atoms with Crippen LogP contribution in [-0.4, -0.2) is 17.9 Å². The van der Waals surface area contributed by atoms with E-state index >= 15 is 0 Å². The molecule has 6 heteroatoms. The van der Waals surface area contributed by atoms with E-state index in [0.717, 1.165) is 12.8 Å². The highest BCUT2D eigenvalue weighted by molar-refractivity contribution is 6.44. The third-order valence-corrected chi connectivity index (χ3v) is 2.95. The SMILES string of the molecule is O=C(Nc1c(Cl)cccc1Cl)C(=O)NC1CC1. The van der Waals surface area contributed by atoms with Gasteiger partial charge in [-0.15, -0.1) is 0 Å². The van der Waals surface area contributed by atoms with E-state index in [9.17, 15) is 9.59 Å².